The predicted octanol–water partition coefficient (Wildman–Crippen LogP) is 2.94. The molecule has 114 valence electrons. The Morgan fingerprint density at radius 3 is 2.38 bits per heavy atom. The number of benzene rings is 1. The average molecular weight is 438 g/mol. The largest absolute Gasteiger partial charge is 0.394 e. The molecule has 0 unspecified atom stereocenters. The first-order chi connectivity index (χ1) is 9.63. The molecule has 3 N–H and O–H groups in total. The van der Waals surface area contributed by atoms with E-state index in [-0.39, 0.29) is 10.7 Å². The normalized spacial score (nSPS) is 11.7. The molecule has 0 amide bonds. The number of aromatic nitrogens is 2. The van der Waals surface area contributed by atoms with E-state index in [1.165, 1.54) is 4.68 Å². The molecule has 1 heterocycles. The van der Waals surface area contributed by atoms with E-state index in [4.69, 9.17) is 5.73 Å². The third-order valence-electron chi connectivity index (χ3n) is 3.00. The fourth-order valence-electron chi connectivity index (χ4n) is 1.81. The van der Waals surface area contributed by atoms with Crippen LogP contribution >= 0.6 is 31.9 Å². The van der Waals surface area contributed by atoms with Crippen molar-refractivity contribution < 1.29 is 8.42 Å². The van der Waals surface area contributed by atoms with Crippen molar-refractivity contribution in [2.24, 2.45) is 7.05 Å². The maximum Gasteiger partial charge on any atom is 0.264 e. The van der Waals surface area contributed by atoms with E-state index in [9.17, 15) is 8.42 Å². The van der Waals surface area contributed by atoms with Crippen molar-refractivity contribution in [3.8, 4) is 0 Å². The second-order valence-electron chi connectivity index (χ2n) is 4.61. The zero-order chi connectivity index (χ0) is 15.9. The number of aryl methyl sites for hydroxylation is 3. The van der Waals surface area contributed by atoms with Crippen molar-refractivity contribution >= 4 is 53.4 Å². The molecular formula is C12H14Br2N4O2S. The quantitative estimate of drug-likeness (QED) is 0.772. The third-order valence-corrected chi connectivity index (χ3v) is 6.15. The fraction of sp³-hybridized carbons (Fsp3) is 0.250. The van der Waals surface area contributed by atoms with Crippen molar-refractivity contribution in [2.45, 2.75) is 18.7 Å². The Hall–Kier alpha value is -1.06. The van der Waals surface area contributed by atoms with Crippen LogP contribution in [-0.2, 0) is 17.1 Å². The number of nitrogens with one attached hydrogen (secondary N) is 1. The monoisotopic (exact) mass is 436 g/mol. The van der Waals surface area contributed by atoms with Crippen LogP contribution in [0.15, 0.2) is 26.0 Å². The van der Waals surface area contributed by atoms with Crippen molar-refractivity contribution in [1.29, 1.82) is 0 Å². The van der Waals surface area contributed by atoms with Gasteiger partial charge < -0.3 is 5.73 Å². The molecule has 0 fully saturated rings. The Bertz CT molecular complexity index is 815. The number of rotatable bonds is 3. The van der Waals surface area contributed by atoms with E-state index in [0.29, 0.717) is 20.3 Å². The van der Waals surface area contributed by atoms with Crippen molar-refractivity contribution in [3.63, 3.8) is 0 Å². The molecule has 0 aliphatic heterocycles. The maximum absolute atomic E-state index is 12.5. The van der Waals surface area contributed by atoms with Crippen molar-refractivity contribution in [1.82, 2.24) is 9.78 Å². The van der Waals surface area contributed by atoms with Gasteiger partial charge in [-0.3, -0.25) is 4.72 Å². The molecule has 0 atom stereocenters. The van der Waals surface area contributed by atoms with Gasteiger partial charge in [0.2, 0.25) is 0 Å². The molecule has 0 aliphatic rings. The molecule has 2 rings (SSSR count). The minimum absolute atomic E-state index is 0.123. The first-order valence-corrected chi connectivity index (χ1v) is 8.98. The van der Waals surface area contributed by atoms with Crippen molar-refractivity contribution in [2.75, 3.05) is 10.5 Å². The first-order valence-electron chi connectivity index (χ1n) is 5.91. The lowest BCUT2D eigenvalue weighted by Gasteiger charge is -2.12. The summed E-state index contributed by atoms with van der Waals surface area (Å²) in [4.78, 5) is 0.123. The topological polar surface area (TPSA) is 90.0 Å². The zero-order valence-electron chi connectivity index (χ0n) is 11.6. The van der Waals surface area contributed by atoms with Crippen LogP contribution in [0.1, 0.15) is 11.3 Å². The Morgan fingerprint density at radius 2 is 1.86 bits per heavy atom. The number of nitrogens with zero attached hydrogens (tertiary/aromatic N) is 2. The number of halogens is 2. The van der Waals surface area contributed by atoms with E-state index in [0.717, 1.165) is 5.56 Å². The fourth-order valence-corrected chi connectivity index (χ4v) is 4.60. The Balaban J connectivity index is 2.51. The lowest BCUT2D eigenvalue weighted by Crippen LogP contribution is -2.17. The van der Waals surface area contributed by atoms with Crippen LogP contribution < -0.4 is 10.5 Å². The van der Waals surface area contributed by atoms with Gasteiger partial charge in [-0.2, -0.15) is 5.10 Å². The van der Waals surface area contributed by atoms with Gasteiger partial charge in [0, 0.05) is 16.0 Å². The summed E-state index contributed by atoms with van der Waals surface area (Å²) in [6, 6.07) is 3.28. The van der Waals surface area contributed by atoms with Crippen LogP contribution in [0.4, 0.5) is 11.5 Å². The molecule has 0 spiro atoms. The lowest BCUT2D eigenvalue weighted by molar-refractivity contribution is 0.599. The van der Waals surface area contributed by atoms with Gasteiger partial charge in [0.1, 0.15) is 4.90 Å². The highest BCUT2D eigenvalue weighted by atomic mass is 79.9. The van der Waals surface area contributed by atoms with Crippen LogP contribution in [0.2, 0.25) is 0 Å². The Kier molecular flexibility index (Phi) is 4.36. The molecule has 1 aromatic carbocycles. The SMILES string of the molecule is Cc1cc(Br)c(S(=O)(=O)Nc2c(N)c(C)nn2C)cc1Br. The number of hydrogen-bond acceptors (Lipinski definition) is 4. The molecule has 0 aliphatic carbocycles. The smallest absolute Gasteiger partial charge is 0.264 e. The van der Waals surface area contributed by atoms with Crippen molar-refractivity contribution in [3.05, 3.63) is 32.3 Å². The van der Waals surface area contributed by atoms with Gasteiger partial charge in [0.05, 0.1) is 11.4 Å². The van der Waals surface area contributed by atoms with E-state index < -0.39 is 10.0 Å². The summed E-state index contributed by atoms with van der Waals surface area (Å²) >= 11 is 6.61. The molecule has 0 radical (unpaired) electrons. The standard InChI is InChI=1S/C12H14Br2N4O2S/c1-6-4-9(14)10(5-8(6)13)21(19,20)17-12-11(15)7(2)16-18(12)3/h4-5,17H,15H2,1-3H3. The summed E-state index contributed by atoms with van der Waals surface area (Å²) in [5.74, 6) is 0.246. The zero-order valence-corrected chi connectivity index (χ0v) is 15.6. The molecule has 2 aromatic rings. The van der Waals surface area contributed by atoms with Gasteiger partial charge in [-0.25, -0.2) is 13.1 Å². The van der Waals surface area contributed by atoms with Gasteiger partial charge in [0.25, 0.3) is 10.0 Å². The number of nitrogens with two attached hydrogens (primary N) is 1. The molecular weight excluding hydrogens is 424 g/mol. The highest BCUT2D eigenvalue weighted by molar-refractivity contribution is 9.11. The Labute approximate surface area is 140 Å². The maximum atomic E-state index is 12.5. The number of hydrogen-bond donors (Lipinski definition) is 2. The van der Waals surface area contributed by atoms with E-state index in [1.54, 1.807) is 26.1 Å². The predicted molar refractivity (Wildman–Crippen MR) is 89.7 cm³/mol. The second-order valence-corrected chi connectivity index (χ2v) is 7.97. The third kappa shape index (κ3) is 3.09. The van der Waals surface area contributed by atoms with Crippen LogP contribution in [0.25, 0.3) is 0 Å². The first kappa shape index (κ1) is 16.3. The van der Waals surface area contributed by atoms with E-state index >= 15 is 0 Å². The molecule has 6 nitrogen and oxygen atoms in total. The minimum atomic E-state index is -3.78. The molecule has 0 saturated carbocycles. The van der Waals surface area contributed by atoms with Crippen LogP contribution in [0, 0.1) is 13.8 Å². The lowest BCUT2D eigenvalue weighted by atomic mass is 10.2. The molecule has 1 aromatic heterocycles. The Morgan fingerprint density at radius 1 is 1.24 bits per heavy atom. The summed E-state index contributed by atoms with van der Waals surface area (Å²) in [6.07, 6.45) is 0. The van der Waals surface area contributed by atoms with Gasteiger partial charge in [-0.1, -0.05) is 15.9 Å². The summed E-state index contributed by atoms with van der Waals surface area (Å²) in [5, 5.41) is 4.09. The summed E-state index contributed by atoms with van der Waals surface area (Å²) in [7, 11) is -2.16. The highest BCUT2D eigenvalue weighted by Crippen LogP contribution is 2.31. The number of nitrogen functional groups attached to an aromatic ring is 1. The van der Waals surface area contributed by atoms with E-state index in [2.05, 4.69) is 41.7 Å². The van der Waals surface area contributed by atoms with Gasteiger partial charge in [-0.05, 0) is 47.5 Å². The van der Waals surface area contributed by atoms with Crippen LogP contribution in [0.3, 0.4) is 0 Å². The van der Waals surface area contributed by atoms with E-state index in [1.807, 2.05) is 6.92 Å². The minimum Gasteiger partial charge on any atom is -0.394 e. The molecule has 0 bridgehead atoms. The number of anilines is 2. The van der Waals surface area contributed by atoms with Gasteiger partial charge in [0.15, 0.2) is 5.82 Å². The molecule has 0 saturated heterocycles. The van der Waals surface area contributed by atoms with Gasteiger partial charge >= 0.3 is 0 Å². The van der Waals surface area contributed by atoms with Crippen LogP contribution in [-0.4, -0.2) is 18.2 Å². The summed E-state index contributed by atoms with van der Waals surface area (Å²) in [5.41, 5.74) is 7.65. The summed E-state index contributed by atoms with van der Waals surface area (Å²) in [6.45, 7) is 3.59. The second kappa shape index (κ2) is 5.62. The van der Waals surface area contributed by atoms with Gasteiger partial charge in [-0.15, -0.1) is 0 Å². The average Bonchev–Trinajstić information content (AvgIpc) is 2.60. The van der Waals surface area contributed by atoms with Crippen LogP contribution in [0.5, 0.6) is 0 Å². The summed E-state index contributed by atoms with van der Waals surface area (Å²) < 4.78 is 30.1. The highest BCUT2D eigenvalue weighted by Gasteiger charge is 2.22. The molecule has 21 heavy (non-hydrogen) atoms. The molecule has 9 heteroatoms. The number of sulfonamides is 1.